The van der Waals surface area contributed by atoms with Crippen LogP contribution in [-0.2, 0) is 13.3 Å². The van der Waals surface area contributed by atoms with E-state index in [1.165, 1.54) is 0 Å². The van der Waals surface area contributed by atoms with Gasteiger partial charge in [0.1, 0.15) is 16.5 Å². The van der Waals surface area contributed by atoms with E-state index in [4.69, 9.17) is 13.3 Å². The van der Waals surface area contributed by atoms with Gasteiger partial charge in [-0.3, -0.25) is 0 Å². The van der Waals surface area contributed by atoms with Gasteiger partial charge in [0.05, 0.1) is 5.38 Å². The molecule has 0 N–H and O–H groups in total. The third-order valence-corrected chi connectivity index (χ3v) is 15.8. The first-order chi connectivity index (χ1) is 9.41. The van der Waals surface area contributed by atoms with Crippen LogP contribution in [0.3, 0.4) is 0 Å². The summed E-state index contributed by atoms with van der Waals surface area (Å²) < 4.78 is 19.3. The Morgan fingerprint density at radius 3 is 1.52 bits per heavy atom. The van der Waals surface area contributed by atoms with Crippen molar-refractivity contribution in [3.8, 4) is 0 Å². The average Bonchev–Trinajstić information content (AvgIpc) is 2.35. The van der Waals surface area contributed by atoms with E-state index in [-0.39, 0.29) is 0 Å². The van der Waals surface area contributed by atoms with E-state index in [1.54, 1.807) is 21.3 Å². The van der Waals surface area contributed by atoms with Crippen LogP contribution in [0.25, 0.3) is 0 Å². The summed E-state index contributed by atoms with van der Waals surface area (Å²) in [6, 6.07) is 0. The summed E-state index contributed by atoms with van der Waals surface area (Å²) in [5.41, 5.74) is 0. The molecule has 0 aliphatic heterocycles. The van der Waals surface area contributed by atoms with Crippen molar-refractivity contribution in [3.63, 3.8) is 0 Å². The van der Waals surface area contributed by atoms with E-state index < -0.39 is 25.3 Å². The minimum Gasteiger partial charge on any atom is -0.376 e. The van der Waals surface area contributed by atoms with Crippen molar-refractivity contribution >= 4 is 37.0 Å². The second kappa shape index (κ2) is 8.63. The van der Waals surface area contributed by atoms with Crippen LogP contribution in [0, 0.1) is 0 Å². The van der Waals surface area contributed by atoms with Crippen LogP contribution in [0.4, 0.5) is 0 Å². The Morgan fingerprint density at radius 1 is 0.857 bits per heavy atom. The Bertz CT molecular complexity index is 282. The molecule has 0 bridgehead atoms. The molecule has 0 heterocycles. The smallest absolute Gasteiger partial charge is 0.376 e. The third kappa shape index (κ3) is 7.30. The Kier molecular flexibility index (Phi) is 8.97. The number of thioether (sulfide) groups is 1. The van der Waals surface area contributed by atoms with E-state index in [1.807, 2.05) is 11.8 Å². The Labute approximate surface area is 139 Å². The van der Waals surface area contributed by atoms with Crippen LogP contribution in [0.2, 0.25) is 39.3 Å². The fourth-order valence-corrected chi connectivity index (χ4v) is 16.6. The maximum Gasteiger partial charge on any atom is 0.510 e. The molecule has 0 aliphatic carbocycles. The summed E-state index contributed by atoms with van der Waals surface area (Å²) in [5.74, 6) is 0. The summed E-state index contributed by atoms with van der Waals surface area (Å²) >= 11 is 1.91. The second-order valence-electron chi connectivity index (χ2n) is 7.37. The lowest BCUT2D eigenvalue weighted by Gasteiger charge is -2.45. The average molecular weight is 370 g/mol. The first kappa shape index (κ1) is 21.8. The molecule has 0 aromatic rings. The zero-order valence-corrected chi connectivity index (χ0v) is 19.4. The van der Waals surface area contributed by atoms with Crippen molar-refractivity contribution in [2.75, 3.05) is 33.3 Å². The Balaban J connectivity index is 4.70. The van der Waals surface area contributed by atoms with Crippen molar-refractivity contribution in [1.82, 2.24) is 4.23 Å². The molecule has 0 rings (SSSR count). The summed E-state index contributed by atoms with van der Waals surface area (Å²) in [6.45, 7) is 18.1. The van der Waals surface area contributed by atoms with Gasteiger partial charge in [-0.2, -0.15) is 11.8 Å². The maximum atomic E-state index is 5.50. The molecule has 0 amide bonds. The van der Waals surface area contributed by atoms with Crippen molar-refractivity contribution < 1.29 is 13.3 Å². The molecule has 0 aromatic heterocycles. The first-order valence-electron chi connectivity index (χ1n) is 7.46. The highest BCUT2D eigenvalue weighted by Crippen LogP contribution is 2.25. The molecule has 1 atom stereocenters. The molecule has 0 aromatic carbocycles. The monoisotopic (exact) mass is 369 g/mol. The van der Waals surface area contributed by atoms with Gasteiger partial charge in [0, 0.05) is 26.6 Å². The van der Waals surface area contributed by atoms with E-state index >= 15 is 0 Å². The predicted molar refractivity (Wildman–Crippen MR) is 102 cm³/mol. The molecule has 128 valence electrons. The lowest BCUT2D eigenvalue weighted by molar-refractivity contribution is 0.130. The summed E-state index contributed by atoms with van der Waals surface area (Å²) in [5, 5.41) is 1.36. The van der Waals surface area contributed by atoms with Crippen LogP contribution in [0.5, 0.6) is 0 Å². The zero-order valence-electron chi connectivity index (χ0n) is 15.6. The Morgan fingerprint density at radius 2 is 1.24 bits per heavy atom. The van der Waals surface area contributed by atoms with Gasteiger partial charge < -0.3 is 17.5 Å². The number of hydrogen-bond donors (Lipinski definition) is 0. The van der Waals surface area contributed by atoms with Gasteiger partial charge in [-0.05, 0) is 6.54 Å². The van der Waals surface area contributed by atoms with Crippen LogP contribution >= 0.6 is 11.8 Å². The van der Waals surface area contributed by atoms with Crippen molar-refractivity contribution in [3.05, 3.63) is 0 Å². The van der Waals surface area contributed by atoms with E-state index in [0.717, 1.165) is 11.9 Å². The van der Waals surface area contributed by atoms with Gasteiger partial charge in [-0.25, -0.2) is 0 Å². The lowest BCUT2D eigenvalue weighted by Crippen LogP contribution is -2.60. The second-order valence-corrected chi connectivity index (χ2v) is 22.5. The lowest BCUT2D eigenvalue weighted by atomic mass is 10.5. The first-order valence-corrected chi connectivity index (χ1v) is 17.3. The van der Waals surface area contributed by atoms with Crippen LogP contribution in [0.1, 0.15) is 6.92 Å². The van der Waals surface area contributed by atoms with Gasteiger partial charge in [-0.15, -0.1) is 0 Å². The van der Waals surface area contributed by atoms with Gasteiger partial charge in [-0.1, -0.05) is 46.2 Å². The topological polar surface area (TPSA) is 30.9 Å². The highest BCUT2D eigenvalue weighted by Gasteiger charge is 2.39. The minimum atomic E-state index is -2.46. The predicted octanol–water partition coefficient (Wildman–Crippen LogP) is 3.50. The fraction of sp³-hybridized carbons (Fsp3) is 1.00. The fourth-order valence-electron chi connectivity index (χ4n) is 2.53. The maximum absolute atomic E-state index is 5.50. The Hall–Kier alpha value is 0.841. The van der Waals surface area contributed by atoms with E-state index in [9.17, 15) is 0 Å². The number of rotatable bonds is 10. The van der Waals surface area contributed by atoms with Crippen LogP contribution < -0.4 is 0 Å². The molecule has 0 aliphatic rings. The third-order valence-electron chi connectivity index (χ3n) is 3.54. The van der Waals surface area contributed by atoms with Crippen molar-refractivity contribution in [2.24, 2.45) is 0 Å². The molecule has 0 fully saturated rings. The van der Waals surface area contributed by atoms with Gasteiger partial charge >= 0.3 is 8.80 Å². The van der Waals surface area contributed by atoms with Gasteiger partial charge in [0.15, 0.2) is 0 Å². The van der Waals surface area contributed by atoms with Gasteiger partial charge in [0.2, 0.25) is 0 Å². The molecule has 0 radical (unpaired) electrons. The van der Waals surface area contributed by atoms with Crippen molar-refractivity contribution in [2.45, 2.75) is 51.5 Å². The summed E-state index contributed by atoms with van der Waals surface area (Å²) in [7, 11) is 0.0177. The molecular formula is C13H35NO3SSi3. The quantitative estimate of drug-likeness (QED) is 0.550. The highest BCUT2D eigenvalue weighted by molar-refractivity contribution is 8.01. The van der Waals surface area contributed by atoms with E-state index in [0.29, 0.717) is 5.25 Å². The molecular weight excluding hydrogens is 334 g/mol. The van der Waals surface area contributed by atoms with Gasteiger partial charge in [0.25, 0.3) is 0 Å². The normalized spacial score (nSPS) is 15.6. The minimum absolute atomic E-state index is 0.552. The molecule has 4 nitrogen and oxygen atoms in total. The SMILES string of the molecule is CO[Si](CSC(C)CN([Si](C)(C)C)[Si](C)(C)C)(OC)OC. The highest BCUT2D eigenvalue weighted by atomic mass is 32.2. The largest absolute Gasteiger partial charge is 0.510 e. The number of nitrogens with zero attached hydrogens (tertiary/aromatic N) is 1. The molecule has 0 saturated carbocycles. The van der Waals surface area contributed by atoms with Crippen LogP contribution in [0.15, 0.2) is 0 Å². The molecule has 1 unspecified atom stereocenters. The van der Waals surface area contributed by atoms with Crippen molar-refractivity contribution in [1.29, 1.82) is 0 Å². The molecule has 21 heavy (non-hydrogen) atoms. The van der Waals surface area contributed by atoms with E-state index in [2.05, 4.69) is 50.4 Å². The molecule has 0 saturated heterocycles. The van der Waals surface area contributed by atoms with Crippen LogP contribution in [-0.4, -0.2) is 68.0 Å². The number of hydrogen-bond acceptors (Lipinski definition) is 5. The zero-order chi connectivity index (χ0) is 16.9. The summed E-state index contributed by atoms with van der Waals surface area (Å²) in [4.78, 5) is 0. The molecule has 8 heteroatoms. The summed E-state index contributed by atoms with van der Waals surface area (Å²) in [6.07, 6.45) is 0. The molecule has 0 spiro atoms. The standard InChI is InChI=1S/C13H35NO3SSi3/c1-13(18-12-21(15-2,16-3)17-4)11-14(19(5,6)7)20(8,9)10/h13H,11-12H2,1-10H3.